The fourth-order valence-corrected chi connectivity index (χ4v) is 5.97. The molecule has 1 aliphatic heterocycles. The molecule has 0 atom stereocenters. The van der Waals surface area contributed by atoms with Crippen LogP contribution in [0.4, 0.5) is 18.9 Å². The molecule has 0 spiro atoms. The summed E-state index contributed by atoms with van der Waals surface area (Å²) < 4.78 is 45.0. The third kappa shape index (κ3) is 5.15. The lowest BCUT2D eigenvalue weighted by Gasteiger charge is -2.36. The van der Waals surface area contributed by atoms with Crippen molar-refractivity contribution in [2.45, 2.75) is 26.7 Å². The largest absolute Gasteiger partial charge is 0.504 e. The second-order valence-corrected chi connectivity index (χ2v) is 11.5. The maximum atomic E-state index is 15.2. The second kappa shape index (κ2) is 12.1. The van der Waals surface area contributed by atoms with Gasteiger partial charge in [-0.3, -0.25) is 19.1 Å². The number of carbonyl (C=O) groups excluding carboxylic acids is 1. The molecule has 1 aliphatic rings. The van der Waals surface area contributed by atoms with Crippen molar-refractivity contribution in [1.29, 1.82) is 5.26 Å². The second-order valence-electron chi connectivity index (χ2n) is 10.7. The van der Waals surface area contributed by atoms with Gasteiger partial charge in [0, 0.05) is 37.8 Å². The molecule has 0 aliphatic carbocycles. The van der Waals surface area contributed by atoms with Crippen molar-refractivity contribution in [3.05, 3.63) is 85.7 Å². The Morgan fingerprint density at radius 3 is 2.40 bits per heavy atom. The number of phenolic OH excluding ortho intramolecular Hbond substituents is 1. The molecule has 45 heavy (non-hydrogen) atoms. The minimum atomic E-state index is -2.00. The van der Waals surface area contributed by atoms with Gasteiger partial charge in [0.1, 0.15) is 17.3 Å². The molecule has 0 bridgehead atoms. The van der Waals surface area contributed by atoms with Crippen LogP contribution in [0.3, 0.4) is 0 Å². The van der Waals surface area contributed by atoms with Gasteiger partial charge in [0.15, 0.2) is 17.4 Å². The lowest BCUT2D eigenvalue weighted by atomic mass is 10.0. The highest BCUT2D eigenvalue weighted by Gasteiger charge is 2.32. The normalized spacial score (nSPS) is 13.4. The van der Waals surface area contributed by atoms with Crippen LogP contribution in [0.25, 0.3) is 28.0 Å². The van der Waals surface area contributed by atoms with Crippen LogP contribution < -0.4 is 10.5 Å². The number of halogens is 5. The van der Waals surface area contributed by atoms with E-state index in [1.807, 2.05) is 19.9 Å². The van der Waals surface area contributed by atoms with Crippen molar-refractivity contribution in [2.75, 3.05) is 31.1 Å². The number of nitriles is 1. The smallest absolute Gasteiger partial charge is 0.276 e. The molecule has 1 aromatic carbocycles. The highest BCUT2D eigenvalue weighted by Crippen LogP contribution is 2.44. The SMILES string of the molecule is C=CC(=O)N1CCN(c2c(C#N)c(=O)n(-c3c(C)ccnc3C(C)C)c3nc(-c4c(F)c(F)c(F)c(O)c4Cl)c(Cl)cc23)CC1. The Hall–Kier alpha value is -4.60. The Labute approximate surface area is 265 Å². The quantitative estimate of drug-likeness (QED) is 0.159. The summed E-state index contributed by atoms with van der Waals surface area (Å²) in [6, 6.07) is 5.00. The van der Waals surface area contributed by atoms with Crippen LogP contribution in [-0.2, 0) is 4.79 Å². The van der Waals surface area contributed by atoms with E-state index in [9.17, 15) is 28.7 Å². The molecule has 1 saturated heterocycles. The number of aryl methyl sites for hydroxylation is 1. The average Bonchev–Trinajstić information content (AvgIpc) is 3.02. The standard InChI is InChI=1S/C31H25Cl2F3N6O3/c1-5-19(43)40-8-10-41(11-9-40)28-16-12-18(32)26(20-21(33)29(44)24(36)23(35)22(20)34)39-30(16)42(31(45)17(28)13-37)27-15(4)6-7-38-25(27)14(2)3/h5-7,12,14,44H,1,8-11H2,2-4H3. The van der Waals surface area contributed by atoms with Gasteiger partial charge in [0.2, 0.25) is 11.7 Å². The summed E-state index contributed by atoms with van der Waals surface area (Å²) >= 11 is 12.7. The minimum absolute atomic E-state index is 0.115. The van der Waals surface area contributed by atoms with Gasteiger partial charge in [0.05, 0.1) is 38.4 Å². The number of aromatic nitrogens is 3. The number of phenols is 1. The molecule has 9 nitrogen and oxygen atoms in total. The van der Waals surface area contributed by atoms with Crippen molar-refractivity contribution in [1.82, 2.24) is 19.4 Å². The Kier molecular flexibility index (Phi) is 8.53. The topological polar surface area (TPSA) is 115 Å². The summed E-state index contributed by atoms with van der Waals surface area (Å²) in [6.07, 6.45) is 2.76. The predicted molar refractivity (Wildman–Crippen MR) is 165 cm³/mol. The van der Waals surface area contributed by atoms with E-state index < -0.39 is 45.0 Å². The molecule has 4 aromatic rings. The van der Waals surface area contributed by atoms with Crippen LogP contribution in [0.5, 0.6) is 5.75 Å². The highest BCUT2D eigenvalue weighted by atomic mass is 35.5. The molecular formula is C31H25Cl2F3N6O3. The third-order valence-corrected chi connectivity index (χ3v) is 8.33. The first-order valence-corrected chi connectivity index (χ1v) is 14.5. The molecule has 3 aromatic heterocycles. The highest BCUT2D eigenvalue weighted by molar-refractivity contribution is 6.37. The van der Waals surface area contributed by atoms with Crippen molar-refractivity contribution >= 4 is 45.8 Å². The number of hydrogen-bond acceptors (Lipinski definition) is 7. The summed E-state index contributed by atoms with van der Waals surface area (Å²) in [4.78, 5) is 38.8. The van der Waals surface area contributed by atoms with E-state index in [1.165, 1.54) is 12.1 Å². The van der Waals surface area contributed by atoms with Gasteiger partial charge >= 0.3 is 0 Å². The van der Waals surface area contributed by atoms with Gasteiger partial charge in [-0.25, -0.2) is 13.8 Å². The van der Waals surface area contributed by atoms with E-state index in [4.69, 9.17) is 23.2 Å². The number of anilines is 1. The summed E-state index contributed by atoms with van der Waals surface area (Å²) in [5.41, 5.74) is -0.881. The predicted octanol–water partition coefficient (Wildman–Crippen LogP) is 6.02. The van der Waals surface area contributed by atoms with E-state index in [-0.39, 0.29) is 65.3 Å². The maximum Gasteiger partial charge on any atom is 0.276 e. The van der Waals surface area contributed by atoms with Gasteiger partial charge in [-0.15, -0.1) is 0 Å². The number of aromatic hydroxyl groups is 1. The number of rotatable bonds is 5. The number of nitrogens with zero attached hydrogens (tertiary/aromatic N) is 6. The Morgan fingerprint density at radius 1 is 1.13 bits per heavy atom. The molecule has 14 heteroatoms. The molecule has 0 saturated carbocycles. The van der Waals surface area contributed by atoms with Crippen molar-refractivity contribution in [3.8, 4) is 28.8 Å². The van der Waals surface area contributed by atoms with Crippen LogP contribution in [0.1, 0.15) is 36.6 Å². The van der Waals surface area contributed by atoms with Crippen LogP contribution in [0.2, 0.25) is 10.0 Å². The zero-order valence-electron chi connectivity index (χ0n) is 24.3. The first kappa shape index (κ1) is 31.8. The Balaban J connectivity index is 1.93. The average molecular weight is 657 g/mol. The summed E-state index contributed by atoms with van der Waals surface area (Å²) in [5.74, 6) is -7.47. The lowest BCUT2D eigenvalue weighted by molar-refractivity contribution is -0.126. The van der Waals surface area contributed by atoms with E-state index >= 15 is 4.39 Å². The number of fused-ring (bicyclic) bond motifs is 1. The van der Waals surface area contributed by atoms with Crippen LogP contribution in [0, 0.1) is 35.7 Å². The molecule has 5 rings (SSSR count). The third-order valence-electron chi connectivity index (χ3n) is 7.67. The Morgan fingerprint density at radius 2 is 1.80 bits per heavy atom. The van der Waals surface area contributed by atoms with Crippen LogP contribution >= 0.6 is 23.2 Å². The number of piperazine rings is 1. The summed E-state index contributed by atoms with van der Waals surface area (Å²) in [5, 5.41) is 19.5. The van der Waals surface area contributed by atoms with Crippen LogP contribution in [0.15, 0.2) is 35.8 Å². The fourth-order valence-electron chi connectivity index (χ4n) is 5.47. The van der Waals surface area contributed by atoms with Crippen LogP contribution in [-0.4, -0.2) is 56.6 Å². The molecular weight excluding hydrogens is 632 g/mol. The summed E-state index contributed by atoms with van der Waals surface area (Å²) in [7, 11) is 0. The Bertz CT molecular complexity index is 1990. The van der Waals surface area contributed by atoms with E-state index in [0.717, 1.165) is 4.57 Å². The zero-order valence-corrected chi connectivity index (χ0v) is 25.8. The molecule has 1 amide bonds. The van der Waals surface area contributed by atoms with Crippen molar-refractivity contribution in [2.24, 2.45) is 0 Å². The first-order valence-electron chi connectivity index (χ1n) is 13.7. The number of carbonyl (C=O) groups is 1. The van der Waals surface area contributed by atoms with E-state index in [2.05, 4.69) is 16.5 Å². The minimum Gasteiger partial charge on any atom is -0.504 e. The number of amides is 1. The molecule has 1 N–H and O–H groups in total. The lowest BCUT2D eigenvalue weighted by Crippen LogP contribution is -2.49. The van der Waals surface area contributed by atoms with Gasteiger partial charge in [-0.05, 0) is 36.6 Å². The fraction of sp³-hybridized carbons (Fsp3) is 0.258. The van der Waals surface area contributed by atoms with Gasteiger partial charge in [0.25, 0.3) is 5.56 Å². The molecule has 0 radical (unpaired) electrons. The number of benzene rings is 1. The molecule has 232 valence electrons. The van der Waals surface area contributed by atoms with E-state index in [1.54, 1.807) is 29.0 Å². The van der Waals surface area contributed by atoms with Gasteiger partial charge < -0.3 is 14.9 Å². The summed E-state index contributed by atoms with van der Waals surface area (Å²) in [6.45, 7) is 9.94. The molecule has 4 heterocycles. The number of pyridine rings is 3. The molecule has 0 unspecified atom stereocenters. The zero-order chi connectivity index (χ0) is 32.9. The molecule has 1 fully saturated rings. The van der Waals surface area contributed by atoms with Gasteiger partial charge in [-0.2, -0.15) is 9.65 Å². The van der Waals surface area contributed by atoms with E-state index in [0.29, 0.717) is 16.9 Å². The van der Waals surface area contributed by atoms with Crippen molar-refractivity contribution in [3.63, 3.8) is 0 Å². The van der Waals surface area contributed by atoms with Gasteiger partial charge in [-0.1, -0.05) is 43.6 Å². The maximum absolute atomic E-state index is 15.2. The van der Waals surface area contributed by atoms with Crippen molar-refractivity contribution < 1.29 is 23.1 Å². The first-order chi connectivity index (χ1) is 21.3. The number of hydrogen-bond donors (Lipinski definition) is 1. The monoisotopic (exact) mass is 656 g/mol.